The molecule has 2 rings (SSSR count). The van der Waals surface area contributed by atoms with E-state index < -0.39 is 4.92 Å². The minimum Gasteiger partial charge on any atom is -0.692 e. The Hall–Kier alpha value is -2.44. The lowest BCUT2D eigenvalue weighted by molar-refractivity contribution is -0.688. The third-order valence-electron chi connectivity index (χ3n) is 1.83. The van der Waals surface area contributed by atoms with Gasteiger partial charge in [-0.25, -0.2) is 0 Å². The van der Waals surface area contributed by atoms with Gasteiger partial charge >= 0.3 is 0 Å². The molecule has 0 radical (unpaired) electrons. The summed E-state index contributed by atoms with van der Waals surface area (Å²) in [5, 5.41) is 25.4. The number of nitro groups is 1. The lowest BCUT2D eigenvalue weighted by Crippen LogP contribution is -2.36. The fourth-order valence-electron chi connectivity index (χ4n) is 1.18. The van der Waals surface area contributed by atoms with Gasteiger partial charge in [0.05, 0.1) is 4.92 Å². The monoisotopic (exact) mass is 206 g/mol. The molecule has 7 nitrogen and oxygen atoms in total. The highest BCUT2D eigenvalue weighted by atomic mass is 16.6. The van der Waals surface area contributed by atoms with Crippen molar-refractivity contribution < 1.29 is 9.77 Å². The number of non-ortho nitro benzene ring substituents is 1. The predicted octanol–water partition coefficient (Wildman–Crippen LogP) is 0.414. The first-order valence-corrected chi connectivity index (χ1v) is 4.07. The van der Waals surface area contributed by atoms with E-state index in [1.807, 2.05) is 0 Å². The Bertz CT molecular complexity index is 508. The van der Waals surface area contributed by atoms with Crippen LogP contribution in [0.25, 0.3) is 5.69 Å². The average Bonchev–Trinajstić information content (AvgIpc) is 2.64. The van der Waals surface area contributed by atoms with Crippen LogP contribution in [0, 0.1) is 15.3 Å². The van der Waals surface area contributed by atoms with Crippen molar-refractivity contribution in [2.45, 2.75) is 0 Å². The second-order valence-corrected chi connectivity index (χ2v) is 2.78. The fraction of sp³-hybridized carbons (Fsp3) is 0. The molecule has 7 heteroatoms. The van der Waals surface area contributed by atoms with Gasteiger partial charge in [-0.2, -0.15) is 4.85 Å². The highest BCUT2D eigenvalue weighted by Gasteiger charge is 2.11. The molecule has 0 aliphatic rings. The molecule has 0 spiro atoms. The third-order valence-corrected chi connectivity index (χ3v) is 1.83. The predicted molar refractivity (Wildman–Crippen MR) is 49.2 cm³/mol. The van der Waals surface area contributed by atoms with Gasteiger partial charge in [0.15, 0.2) is 6.20 Å². The van der Waals surface area contributed by atoms with E-state index in [1.54, 1.807) is 6.07 Å². The van der Waals surface area contributed by atoms with Gasteiger partial charge < -0.3 is 5.21 Å². The van der Waals surface area contributed by atoms with Crippen molar-refractivity contribution in [3.63, 3.8) is 0 Å². The number of nitrogens with zero attached hydrogens (tertiary/aromatic N) is 4. The van der Waals surface area contributed by atoms with Crippen molar-refractivity contribution in [2.75, 3.05) is 0 Å². The normalized spacial score (nSPS) is 10.1. The Kier molecular flexibility index (Phi) is 2.05. The summed E-state index contributed by atoms with van der Waals surface area (Å²) in [6.07, 6.45) is 2.52. The Labute approximate surface area is 83.9 Å². The second kappa shape index (κ2) is 3.37. The largest absolute Gasteiger partial charge is 0.692 e. The summed E-state index contributed by atoms with van der Waals surface area (Å²) in [6.45, 7) is 0. The molecule has 1 aromatic heterocycles. The van der Waals surface area contributed by atoms with Gasteiger partial charge in [-0.1, -0.05) is 6.07 Å². The number of benzene rings is 1. The summed E-state index contributed by atoms with van der Waals surface area (Å²) in [6, 6.07) is 5.69. The Balaban J connectivity index is 2.50. The van der Waals surface area contributed by atoms with Crippen molar-refractivity contribution >= 4 is 5.69 Å². The van der Waals surface area contributed by atoms with Crippen LogP contribution < -0.4 is 4.85 Å². The molecule has 0 saturated heterocycles. The number of hydrogen-bond donors (Lipinski definition) is 0. The molecule has 0 amide bonds. The molecule has 0 atom stereocenters. The van der Waals surface area contributed by atoms with Gasteiger partial charge in [0.25, 0.3) is 5.69 Å². The van der Waals surface area contributed by atoms with Crippen LogP contribution >= 0.6 is 0 Å². The van der Waals surface area contributed by atoms with Gasteiger partial charge in [0.1, 0.15) is 5.69 Å². The Morgan fingerprint density at radius 1 is 1.47 bits per heavy atom. The molecule has 1 aromatic carbocycles. The van der Waals surface area contributed by atoms with Crippen molar-refractivity contribution in [2.24, 2.45) is 0 Å². The van der Waals surface area contributed by atoms with Crippen molar-refractivity contribution in [1.82, 2.24) is 9.90 Å². The van der Waals surface area contributed by atoms with Crippen LogP contribution in [0.15, 0.2) is 36.7 Å². The van der Waals surface area contributed by atoms with Crippen molar-refractivity contribution in [1.29, 1.82) is 0 Å². The van der Waals surface area contributed by atoms with Gasteiger partial charge in [-0.15, -0.1) is 0 Å². The molecule has 0 aliphatic heterocycles. The average molecular weight is 206 g/mol. The number of aromatic nitrogens is 3. The van der Waals surface area contributed by atoms with E-state index in [0.29, 0.717) is 10.5 Å². The van der Waals surface area contributed by atoms with Crippen LogP contribution in [0.3, 0.4) is 0 Å². The molecule has 15 heavy (non-hydrogen) atoms. The molecule has 0 N–H and O–H groups in total. The highest BCUT2D eigenvalue weighted by Crippen LogP contribution is 2.14. The van der Waals surface area contributed by atoms with E-state index in [9.17, 15) is 15.3 Å². The highest BCUT2D eigenvalue weighted by molar-refractivity contribution is 5.41. The molecular weight excluding hydrogens is 200 g/mol. The minimum absolute atomic E-state index is 0.0806. The minimum atomic E-state index is -0.526. The molecule has 0 saturated carbocycles. The summed E-state index contributed by atoms with van der Waals surface area (Å²) in [7, 11) is 0. The maximum atomic E-state index is 11.1. The Morgan fingerprint density at radius 3 is 2.87 bits per heavy atom. The van der Waals surface area contributed by atoms with E-state index >= 15 is 0 Å². The molecular formula is C8H6N4O3. The number of nitro benzene ring substituents is 1. The van der Waals surface area contributed by atoms with Gasteiger partial charge in [-0.05, 0) is 10.9 Å². The van der Waals surface area contributed by atoms with E-state index in [-0.39, 0.29) is 5.69 Å². The van der Waals surface area contributed by atoms with Gasteiger partial charge in [0, 0.05) is 17.2 Å². The first-order valence-electron chi connectivity index (χ1n) is 4.07. The fourth-order valence-corrected chi connectivity index (χ4v) is 1.18. The lowest BCUT2D eigenvalue weighted by Gasteiger charge is -2.01. The van der Waals surface area contributed by atoms with Crippen molar-refractivity contribution in [3.05, 3.63) is 52.0 Å². The molecule has 0 bridgehead atoms. The summed E-state index contributed by atoms with van der Waals surface area (Å²) < 4.78 is 0. The zero-order chi connectivity index (χ0) is 10.8. The molecule has 1 heterocycles. The summed E-state index contributed by atoms with van der Waals surface area (Å²) >= 11 is 0. The molecule has 0 fully saturated rings. The van der Waals surface area contributed by atoms with Crippen LogP contribution in [-0.4, -0.2) is 14.8 Å². The van der Waals surface area contributed by atoms with Crippen LogP contribution in [0.1, 0.15) is 0 Å². The summed E-state index contributed by atoms with van der Waals surface area (Å²) in [4.78, 5) is 11.5. The molecule has 2 aromatic rings. The quantitative estimate of drug-likeness (QED) is 0.308. The first-order chi connectivity index (χ1) is 7.18. The van der Waals surface area contributed by atoms with E-state index in [4.69, 9.17) is 0 Å². The lowest BCUT2D eigenvalue weighted by atomic mass is 10.3. The van der Waals surface area contributed by atoms with E-state index in [2.05, 4.69) is 5.10 Å². The van der Waals surface area contributed by atoms with Crippen LogP contribution in [0.2, 0.25) is 0 Å². The van der Waals surface area contributed by atoms with E-state index in [0.717, 1.165) is 4.80 Å². The third kappa shape index (κ3) is 1.62. The van der Waals surface area contributed by atoms with Gasteiger partial charge in [0.2, 0.25) is 6.20 Å². The maximum Gasteiger partial charge on any atom is 0.271 e. The zero-order valence-corrected chi connectivity index (χ0v) is 7.48. The standard InChI is InChI=1S/C8H6N4O3/c13-10-5-4-9-11(10)7-2-1-3-8(6-7)12(14)15/h1-6H. The zero-order valence-electron chi connectivity index (χ0n) is 7.48. The van der Waals surface area contributed by atoms with Gasteiger partial charge in [-0.3, -0.25) is 10.1 Å². The molecule has 0 aliphatic carbocycles. The SMILES string of the molecule is O=[N+]([O-])c1cccc(-n2ncc[n+]2[O-])c1. The first kappa shape index (κ1) is 9.13. The summed E-state index contributed by atoms with van der Waals surface area (Å²) in [5.41, 5.74) is 0.271. The summed E-state index contributed by atoms with van der Waals surface area (Å²) in [5.74, 6) is 0. The maximum absolute atomic E-state index is 11.1. The van der Waals surface area contributed by atoms with Crippen LogP contribution in [-0.2, 0) is 0 Å². The number of rotatable bonds is 2. The molecule has 76 valence electrons. The molecule has 0 unspecified atom stereocenters. The van der Waals surface area contributed by atoms with Crippen LogP contribution in [0.5, 0.6) is 0 Å². The second-order valence-electron chi connectivity index (χ2n) is 2.78. The van der Waals surface area contributed by atoms with E-state index in [1.165, 1.54) is 30.6 Å². The number of hydrogen-bond acceptors (Lipinski definition) is 4. The van der Waals surface area contributed by atoms with Crippen molar-refractivity contribution in [3.8, 4) is 5.69 Å². The topological polar surface area (TPSA) is 87.9 Å². The Morgan fingerprint density at radius 2 is 2.27 bits per heavy atom. The van der Waals surface area contributed by atoms with Crippen LogP contribution in [0.4, 0.5) is 5.69 Å². The smallest absolute Gasteiger partial charge is 0.271 e.